The first-order chi connectivity index (χ1) is 9.22. The Hall–Kier alpha value is -0.290. The SMILES string of the molecule is Clc1ccccc1COC(CI)c1ccccc1Cl. The van der Waals surface area contributed by atoms with Crippen molar-refractivity contribution < 1.29 is 4.74 Å². The standard InChI is InChI=1S/C15H13Cl2IO/c16-13-7-3-1-5-11(13)10-19-15(9-18)12-6-2-4-8-14(12)17/h1-8,15H,9-10H2. The van der Waals surface area contributed by atoms with Gasteiger partial charge in [-0.3, -0.25) is 0 Å². The first kappa shape index (κ1) is 15.1. The van der Waals surface area contributed by atoms with Gasteiger partial charge in [0.05, 0.1) is 12.7 Å². The third-order valence-corrected chi connectivity index (χ3v) is 4.30. The Morgan fingerprint density at radius 3 is 2.21 bits per heavy atom. The van der Waals surface area contributed by atoms with Crippen molar-refractivity contribution in [1.29, 1.82) is 0 Å². The molecule has 4 heteroatoms. The zero-order valence-electron chi connectivity index (χ0n) is 10.2. The van der Waals surface area contributed by atoms with Gasteiger partial charge in [0, 0.05) is 20.0 Å². The zero-order chi connectivity index (χ0) is 13.7. The molecule has 2 aromatic rings. The molecule has 1 atom stereocenters. The number of hydrogen-bond donors (Lipinski definition) is 0. The molecule has 0 heterocycles. The van der Waals surface area contributed by atoms with Gasteiger partial charge in [-0.1, -0.05) is 82.2 Å². The molecule has 0 amide bonds. The van der Waals surface area contributed by atoms with Crippen LogP contribution in [0.3, 0.4) is 0 Å². The number of rotatable bonds is 5. The lowest BCUT2D eigenvalue weighted by Gasteiger charge is -2.17. The number of halogens is 3. The van der Waals surface area contributed by atoms with Crippen LogP contribution in [0.1, 0.15) is 17.2 Å². The highest BCUT2D eigenvalue weighted by atomic mass is 127. The average Bonchev–Trinajstić information content (AvgIpc) is 2.43. The molecule has 0 saturated carbocycles. The molecule has 0 aliphatic carbocycles. The molecule has 2 rings (SSSR count). The Kier molecular flexibility index (Phi) is 5.95. The van der Waals surface area contributed by atoms with Crippen molar-refractivity contribution in [3.8, 4) is 0 Å². The van der Waals surface area contributed by atoms with E-state index in [1.807, 2.05) is 48.5 Å². The summed E-state index contributed by atoms with van der Waals surface area (Å²) in [7, 11) is 0. The second-order valence-corrected chi connectivity index (χ2v) is 5.76. The van der Waals surface area contributed by atoms with E-state index in [0.717, 1.165) is 25.6 Å². The summed E-state index contributed by atoms with van der Waals surface area (Å²) in [5.74, 6) is 0. The van der Waals surface area contributed by atoms with Crippen LogP contribution in [-0.4, -0.2) is 4.43 Å². The first-order valence-corrected chi connectivity index (χ1v) is 8.16. The summed E-state index contributed by atoms with van der Waals surface area (Å²) < 4.78 is 6.79. The molecule has 0 N–H and O–H groups in total. The van der Waals surface area contributed by atoms with Crippen LogP contribution in [0.2, 0.25) is 10.0 Å². The minimum atomic E-state index is -0.0226. The molecule has 2 aromatic carbocycles. The largest absolute Gasteiger partial charge is 0.368 e. The van der Waals surface area contributed by atoms with Gasteiger partial charge < -0.3 is 4.74 Å². The third-order valence-electron chi connectivity index (χ3n) is 2.79. The second kappa shape index (κ2) is 7.48. The molecule has 0 fully saturated rings. The molecule has 1 nitrogen and oxygen atoms in total. The predicted molar refractivity (Wildman–Crippen MR) is 89.3 cm³/mol. The molecule has 0 aliphatic rings. The summed E-state index contributed by atoms with van der Waals surface area (Å²) in [6, 6.07) is 15.5. The summed E-state index contributed by atoms with van der Waals surface area (Å²) in [5, 5.41) is 1.47. The molecular weight excluding hydrogens is 394 g/mol. The lowest BCUT2D eigenvalue weighted by Crippen LogP contribution is -2.06. The van der Waals surface area contributed by atoms with E-state index in [0.29, 0.717) is 6.61 Å². The number of hydrogen-bond acceptors (Lipinski definition) is 1. The molecule has 1 unspecified atom stereocenters. The Morgan fingerprint density at radius 1 is 0.947 bits per heavy atom. The van der Waals surface area contributed by atoms with Crippen molar-refractivity contribution in [2.45, 2.75) is 12.7 Å². The molecule has 0 bridgehead atoms. The van der Waals surface area contributed by atoms with Gasteiger partial charge >= 0.3 is 0 Å². The topological polar surface area (TPSA) is 9.23 Å². The van der Waals surface area contributed by atoms with Crippen molar-refractivity contribution in [3.05, 3.63) is 69.7 Å². The summed E-state index contributed by atoms with van der Waals surface area (Å²) in [5.41, 5.74) is 2.01. The van der Waals surface area contributed by atoms with Crippen LogP contribution in [0.4, 0.5) is 0 Å². The first-order valence-electron chi connectivity index (χ1n) is 5.87. The maximum atomic E-state index is 6.20. The minimum absolute atomic E-state index is 0.0226. The molecular formula is C15H13Cl2IO. The van der Waals surface area contributed by atoms with Gasteiger partial charge in [0.2, 0.25) is 0 Å². The lowest BCUT2D eigenvalue weighted by atomic mass is 10.1. The van der Waals surface area contributed by atoms with E-state index >= 15 is 0 Å². The van der Waals surface area contributed by atoms with Crippen LogP contribution in [-0.2, 0) is 11.3 Å². The average molecular weight is 407 g/mol. The number of ether oxygens (including phenoxy) is 1. The summed E-state index contributed by atoms with van der Waals surface area (Å²) in [4.78, 5) is 0. The highest BCUT2D eigenvalue weighted by Gasteiger charge is 2.14. The van der Waals surface area contributed by atoms with E-state index < -0.39 is 0 Å². The van der Waals surface area contributed by atoms with Crippen molar-refractivity contribution in [2.24, 2.45) is 0 Å². The highest BCUT2D eigenvalue weighted by molar-refractivity contribution is 14.1. The van der Waals surface area contributed by atoms with Crippen molar-refractivity contribution in [3.63, 3.8) is 0 Å². The van der Waals surface area contributed by atoms with Crippen LogP contribution in [0.5, 0.6) is 0 Å². The van der Waals surface area contributed by atoms with Crippen LogP contribution in [0.15, 0.2) is 48.5 Å². The fraction of sp³-hybridized carbons (Fsp3) is 0.200. The molecule has 0 aliphatic heterocycles. The maximum absolute atomic E-state index is 6.20. The Balaban J connectivity index is 2.09. The number of benzene rings is 2. The van der Waals surface area contributed by atoms with Gasteiger partial charge in [-0.25, -0.2) is 0 Å². The second-order valence-electron chi connectivity index (χ2n) is 4.07. The zero-order valence-corrected chi connectivity index (χ0v) is 13.8. The van der Waals surface area contributed by atoms with E-state index in [9.17, 15) is 0 Å². The van der Waals surface area contributed by atoms with Gasteiger partial charge in [-0.05, 0) is 17.7 Å². The molecule has 0 saturated heterocycles. The summed E-state index contributed by atoms with van der Waals surface area (Å²) in [6.45, 7) is 0.485. The maximum Gasteiger partial charge on any atom is 0.0933 e. The Morgan fingerprint density at radius 2 is 1.58 bits per heavy atom. The van der Waals surface area contributed by atoms with E-state index in [2.05, 4.69) is 22.6 Å². The Labute approximate surface area is 137 Å². The van der Waals surface area contributed by atoms with Crippen LogP contribution in [0.25, 0.3) is 0 Å². The monoisotopic (exact) mass is 406 g/mol. The Bertz CT molecular complexity index is 545. The van der Waals surface area contributed by atoms with Crippen molar-refractivity contribution >= 4 is 45.8 Å². The predicted octanol–water partition coefficient (Wildman–Crippen LogP) is 5.69. The molecule has 0 aromatic heterocycles. The highest BCUT2D eigenvalue weighted by Crippen LogP contribution is 2.28. The molecule has 0 spiro atoms. The number of alkyl halides is 1. The van der Waals surface area contributed by atoms with E-state index in [-0.39, 0.29) is 6.10 Å². The van der Waals surface area contributed by atoms with Crippen LogP contribution < -0.4 is 0 Å². The van der Waals surface area contributed by atoms with Crippen molar-refractivity contribution in [2.75, 3.05) is 4.43 Å². The lowest BCUT2D eigenvalue weighted by molar-refractivity contribution is 0.0578. The van der Waals surface area contributed by atoms with E-state index in [4.69, 9.17) is 27.9 Å². The third kappa shape index (κ3) is 4.09. The van der Waals surface area contributed by atoms with Crippen LogP contribution >= 0.6 is 45.8 Å². The molecule has 19 heavy (non-hydrogen) atoms. The van der Waals surface area contributed by atoms with Crippen LogP contribution in [0, 0.1) is 0 Å². The van der Waals surface area contributed by atoms with Gasteiger partial charge in [0.15, 0.2) is 0 Å². The van der Waals surface area contributed by atoms with E-state index in [1.54, 1.807) is 0 Å². The van der Waals surface area contributed by atoms with Gasteiger partial charge in [-0.2, -0.15) is 0 Å². The molecule has 0 radical (unpaired) electrons. The fourth-order valence-electron chi connectivity index (χ4n) is 1.76. The van der Waals surface area contributed by atoms with Gasteiger partial charge in [0.1, 0.15) is 0 Å². The fourth-order valence-corrected chi connectivity index (χ4v) is 2.94. The van der Waals surface area contributed by atoms with Gasteiger partial charge in [0.25, 0.3) is 0 Å². The molecule has 100 valence electrons. The normalized spacial score (nSPS) is 12.4. The van der Waals surface area contributed by atoms with E-state index in [1.165, 1.54) is 0 Å². The summed E-state index contributed by atoms with van der Waals surface area (Å²) in [6.07, 6.45) is -0.0226. The van der Waals surface area contributed by atoms with Gasteiger partial charge in [-0.15, -0.1) is 0 Å². The summed E-state index contributed by atoms with van der Waals surface area (Å²) >= 11 is 14.6. The minimum Gasteiger partial charge on any atom is -0.368 e. The quantitative estimate of drug-likeness (QED) is 0.458. The smallest absolute Gasteiger partial charge is 0.0933 e. The van der Waals surface area contributed by atoms with Crippen molar-refractivity contribution in [1.82, 2.24) is 0 Å².